The zero-order valence-electron chi connectivity index (χ0n) is 17.9. The molecule has 0 saturated carbocycles. The molecule has 0 aliphatic rings. The highest BCUT2D eigenvalue weighted by Crippen LogP contribution is 2.28. The van der Waals surface area contributed by atoms with Crippen LogP contribution in [0.25, 0.3) is 11.1 Å². The fourth-order valence-electron chi connectivity index (χ4n) is 3.53. The van der Waals surface area contributed by atoms with Crippen molar-refractivity contribution in [2.45, 2.75) is 38.8 Å². The van der Waals surface area contributed by atoms with Gasteiger partial charge in [0.2, 0.25) is 0 Å². The van der Waals surface area contributed by atoms with E-state index in [1.807, 2.05) is 6.92 Å². The van der Waals surface area contributed by atoms with E-state index in [2.05, 4.69) is 0 Å². The molecule has 0 aliphatic carbocycles. The van der Waals surface area contributed by atoms with Gasteiger partial charge in [0.1, 0.15) is 29.1 Å². The second-order valence-electron chi connectivity index (χ2n) is 7.66. The van der Waals surface area contributed by atoms with Crippen LogP contribution in [-0.2, 0) is 19.3 Å². The summed E-state index contributed by atoms with van der Waals surface area (Å²) in [6.45, 7) is 1.94. The predicted molar refractivity (Wildman–Crippen MR) is 112 cm³/mol. The van der Waals surface area contributed by atoms with Crippen LogP contribution in [0.15, 0.2) is 42.5 Å². The predicted octanol–water partition coefficient (Wildman–Crippen LogP) is 7.70. The van der Waals surface area contributed by atoms with E-state index in [1.54, 1.807) is 6.07 Å². The Kier molecular flexibility index (Phi) is 7.65. The minimum atomic E-state index is -4.92. The van der Waals surface area contributed by atoms with Crippen LogP contribution in [-0.4, -0.2) is 6.18 Å². The van der Waals surface area contributed by atoms with Crippen molar-refractivity contribution in [1.29, 1.82) is 0 Å². The average molecular weight is 482 g/mol. The highest BCUT2D eigenvalue weighted by atomic mass is 19.4. The fraction of sp³-hybridized carbons (Fsp3) is 0.231. The maximum Gasteiger partial charge on any atom is 0.458 e. The molecule has 0 aliphatic heterocycles. The van der Waals surface area contributed by atoms with Crippen LogP contribution in [0.4, 0.5) is 35.1 Å². The summed E-state index contributed by atoms with van der Waals surface area (Å²) >= 11 is 0. The van der Waals surface area contributed by atoms with Gasteiger partial charge in [-0.3, -0.25) is 0 Å². The lowest BCUT2D eigenvalue weighted by molar-refractivity contribution is -0.0696. The molecule has 0 fully saturated rings. The molecule has 0 amide bonds. The summed E-state index contributed by atoms with van der Waals surface area (Å²) in [5.74, 6) is -2.97. The SMILES string of the molecule is CCCc1ccc(-c2cc(F)c(CCc3cc(F)c(C#CC(F)(F)F)c(F)c3)c(F)c2)c(F)c1. The van der Waals surface area contributed by atoms with Gasteiger partial charge >= 0.3 is 6.18 Å². The number of hydrogen-bond acceptors (Lipinski definition) is 0. The van der Waals surface area contributed by atoms with Gasteiger partial charge < -0.3 is 0 Å². The average Bonchev–Trinajstić information content (AvgIpc) is 2.72. The summed E-state index contributed by atoms with van der Waals surface area (Å²) in [6.07, 6.45) is -3.93. The van der Waals surface area contributed by atoms with Gasteiger partial charge in [0, 0.05) is 17.0 Å². The third-order valence-corrected chi connectivity index (χ3v) is 5.12. The summed E-state index contributed by atoms with van der Waals surface area (Å²) in [7, 11) is 0. The van der Waals surface area contributed by atoms with Crippen LogP contribution in [0.5, 0.6) is 0 Å². The number of halogens is 8. The van der Waals surface area contributed by atoms with E-state index in [0.717, 1.165) is 42.2 Å². The molecule has 0 spiro atoms. The summed E-state index contributed by atoms with van der Waals surface area (Å²) in [4.78, 5) is 0. The molecule has 0 saturated heterocycles. The normalized spacial score (nSPS) is 11.3. The Labute approximate surface area is 191 Å². The van der Waals surface area contributed by atoms with Crippen molar-refractivity contribution in [3.05, 3.63) is 93.8 Å². The second kappa shape index (κ2) is 10.3. The van der Waals surface area contributed by atoms with Gasteiger partial charge in [-0.05, 0) is 66.3 Å². The second-order valence-corrected chi connectivity index (χ2v) is 7.66. The Morgan fingerprint density at radius 2 is 1.26 bits per heavy atom. The Bertz CT molecular complexity index is 1220. The molecular weight excluding hydrogens is 464 g/mol. The van der Waals surface area contributed by atoms with E-state index in [9.17, 15) is 35.1 Å². The first-order valence-corrected chi connectivity index (χ1v) is 10.3. The van der Waals surface area contributed by atoms with Crippen LogP contribution in [0.1, 0.15) is 35.6 Å². The topological polar surface area (TPSA) is 0 Å². The Morgan fingerprint density at radius 1 is 0.676 bits per heavy atom. The molecule has 0 radical (unpaired) electrons. The molecule has 0 heterocycles. The van der Waals surface area contributed by atoms with Gasteiger partial charge in [-0.1, -0.05) is 31.4 Å². The number of hydrogen-bond donors (Lipinski definition) is 0. The molecule has 3 aromatic carbocycles. The van der Waals surface area contributed by atoms with Crippen molar-refractivity contribution < 1.29 is 35.1 Å². The van der Waals surface area contributed by atoms with Crippen molar-refractivity contribution in [1.82, 2.24) is 0 Å². The lowest BCUT2D eigenvalue weighted by atomic mass is 9.97. The summed E-state index contributed by atoms with van der Waals surface area (Å²) in [5, 5.41) is 0. The first-order chi connectivity index (χ1) is 16.0. The minimum Gasteiger partial charge on any atom is -0.207 e. The standard InChI is InChI=1S/C26H18F8/c1-2-3-15-4-6-18(21(27)10-15)17-13-24(30)19(25(31)14-17)7-5-16-11-22(28)20(23(29)12-16)8-9-26(32,33)34/h4,6,10-14H,2-3,5,7H2,1H3. The van der Waals surface area contributed by atoms with Crippen LogP contribution in [0.2, 0.25) is 0 Å². The van der Waals surface area contributed by atoms with Gasteiger partial charge in [0.25, 0.3) is 0 Å². The number of alkyl halides is 3. The maximum absolute atomic E-state index is 14.6. The Hall–Kier alpha value is -3.34. The zero-order valence-corrected chi connectivity index (χ0v) is 17.9. The van der Waals surface area contributed by atoms with Crippen molar-refractivity contribution in [3.8, 4) is 23.0 Å². The first-order valence-electron chi connectivity index (χ1n) is 10.3. The van der Waals surface area contributed by atoms with E-state index < -0.39 is 40.8 Å². The molecule has 0 N–H and O–H groups in total. The molecule has 0 bridgehead atoms. The van der Waals surface area contributed by atoms with Crippen LogP contribution >= 0.6 is 0 Å². The first kappa shape index (κ1) is 25.3. The van der Waals surface area contributed by atoms with E-state index in [4.69, 9.17) is 0 Å². The molecule has 178 valence electrons. The van der Waals surface area contributed by atoms with Gasteiger partial charge in [0.15, 0.2) is 0 Å². The number of aryl methyl sites for hydroxylation is 2. The highest BCUT2D eigenvalue weighted by Gasteiger charge is 2.23. The van der Waals surface area contributed by atoms with E-state index in [0.29, 0.717) is 6.42 Å². The molecule has 0 atom stereocenters. The largest absolute Gasteiger partial charge is 0.458 e. The molecule has 0 nitrogen and oxygen atoms in total. The zero-order chi connectivity index (χ0) is 25.0. The van der Waals surface area contributed by atoms with Crippen molar-refractivity contribution >= 4 is 0 Å². The van der Waals surface area contributed by atoms with Crippen molar-refractivity contribution in [2.75, 3.05) is 0 Å². The van der Waals surface area contributed by atoms with Crippen LogP contribution in [0, 0.1) is 40.9 Å². The van der Waals surface area contributed by atoms with Crippen LogP contribution in [0.3, 0.4) is 0 Å². The third-order valence-electron chi connectivity index (χ3n) is 5.12. The molecule has 0 aromatic heterocycles. The van der Waals surface area contributed by atoms with Crippen molar-refractivity contribution in [3.63, 3.8) is 0 Å². The van der Waals surface area contributed by atoms with Gasteiger partial charge in [-0.25, -0.2) is 22.0 Å². The van der Waals surface area contributed by atoms with Gasteiger partial charge in [0.05, 0.1) is 5.56 Å². The van der Waals surface area contributed by atoms with Gasteiger partial charge in [-0.2, -0.15) is 13.2 Å². The molecule has 3 aromatic rings. The minimum absolute atomic E-state index is 0.00368. The van der Waals surface area contributed by atoms with Crippen LogP contribution < -0.4 is 0 Å². The van der Waals surface area contributed by atoms with E-state index in [-0.39, 0.29) is 35.1 Å². The highest BCUT2D eigenvalue weighted by molar-refractivity contribution is 5.65. The Balaban J connectivity index is 1.82. The molecule has 8 heteroatoms. The summed E-state index contributed by atoms with van der Waals surface area (Å²) in [5.41, 5.74) is -0.639. The third kappa shape index (κ3) is 6.16. The molecule has 34 heavy (non-hydrogen) atoms. The quantitative estimate of drug-likeness (QED) is 0.250. The number of benzene rings is 3. The number of rotatable bonds is 6. The summed E-state index contributed by atoms with van der Waals surface area (Å²) in [6, 6.07) is 7.93. The maximum atomic E-state index is 14.6. The molecule has 0 unspecified atom stereocenters. The lowest BCUT2D eigenvalue weighted by Gasteiger charge is -2.11. The van der Waals surface area contributed by atoms with Crippen molar-refractivity contribution in [2.24, 2.45) is 0 Å². The monoisotopic (exact) mass is 482 g/mol. The molecule has 3 rings (SSSR count). The smallest absolute Gasteiger partial charge is 0.207 e. The summed E-state index contributed by atoms with van der Waals surface area (Å²) < 4.78 is 108. The fourth-order valence-corrected chi connectivity index (χ4v) is 3.53. The van der Waals surface area contributed by atoms with E-state index >= 15 is 0 Å². The van der Waals surface area contributed by atoms with Gasteiger partial charge in [-0.15, -0.1) is 0 Å². The Morgan fingerprint density at radius 3 is 1.79 bits per heavy atom. The van der Waals surface area contributed by atoms with E-state index in [1.165, 1.54) is 18.1 Å². The lowest BCUT2D eigenvalue weighted by Crippen LogP contribution is -2.04. The molecular formula is C26H18F8.